The largest absolute Gasteiger partial charge is 0.346 e. The normalized spacial score (nSPS) is 9.94. The van der Waals surface area contributed by atoms with E-state index in [0.717, 1.165) is 28.8 Å². The highest BCUT2D eigenvalue weighted by atomic mass is 32.2. The van der Waals surface area contributed by atoms with Crippen LogP contribution in [0.25, 0.3) is 11.0 Å². The third kappa shape index (κ3) is 3.36. The van der Waals surface area contributed by atoms with E-state index in [4.69, 9.17) is 0 Å². The number of thioether (sulfide) groups is 1. The van der Waals surface area contributed by atoms with Gasteiger partial charge in [-0.25, -0.2) is 4.98 Å². The number of fused-ring (bicyclic) bond motifs is 1. The molecule has 0 aliphatic rings. The third-order valence-electron chi connectivity index (χ3n) is 2.17. The molecule has 0 atom stereocenters. The molecule has 0 amide bonds. The number of aromatic amines is 1. The lowest BCUT2D eigenvalue weighted by molar-refractivity contribution is -0.109. The van der Waals surface area contributed by atoms with Crippen LogP contribution in [-0.4, -0.2) is 20.8 Å². The van der Waals surface area contributed by atoms with Gasteiger partial charge in [-0.3, -0.25) is 4.79 Å². The lowest BCUT2D eigenvalue weighted by atomic mass is 10.2. The van der Waals surface area contributed by atoms with Crippen molar-refractivity contribution in [2.45, 2.75) is 13.3 Å². The molecule has 0 fully saturated rings. The summed E-state index contributed by atoms with van der Waals surface area (Å²) < 4.78 is 0. The summed E-state index contributed by atoms with van der Waals surface area (Å²) in [6.45, 7) is 1.57. The highest BCUT2D eigenvalue weighted by Crippen LogP contribution is 2.10. The van der Waals surface area contributed by atoms with Crippen molar-refractivity contribution >= 4 is 27.9 Å². The van der Waals surface area contributed by atoms with Gasteiger partial charge in [-0.1, -0.05) is 23.6 Å². The zero-order valence-electron chi connectivity index (χ0n) is 9.49. The maximum Gasteiger partial charge on any atom is 0.185 e. The van der Waals surface area contributed by atoms with Crippen molar-refractivity contribution in [1.82, 2.24) is 9.97 Å². The zero-order chi connectivity index (χ0) is 12.1. The molecule has 0 unspecified atom stereocenters. The average molecular weight is 244 g/mol. The zero-order valence-corrected chi connectivity index (χ0v) is 10.3. The Morgan fingerprint density at radius 2 is 2.47 bits per heavy atom. The molecule has 0 saturated carbocycles. The second kappa shape index (κ2) is 5.55. The number of nitrogens with zero attached hydrogens (tertiary/aromatic N) is 1. The number of hydrogen-bond donors (Lipinski definition) is 1. The smallest absolute Gasteiger partial charge is 0.185 e. The van der Waals surface area contributed by atoms with Gasteiger partial charge in [-0.05, 0) is 12.1 Å². The first kappa shape index (κ1) is 11.7. The third-order valence-corrected chi connectivity index (χ3v) is 2.98. The summed E-state index contributed by atoms with van der Waals surface area (Å²) in [6.07, 6.45) is 4.33. The Morgan fingerprint density at radius 1 is 1.59 bits per heavy atom. The van der Waals surface area contributed by atoms with Crippen LogP contribution in [-0.2, 0) is 4.79 Å². The van der Waals surface area contributed by atoms with Crippen LogP contribution < -0.4 is 0 Å². The van der Waals surface area contributed by atoms with Crippen molar-refractivity contribution in [3.63, 3.8) is 0 Å². The molecule has 1 N–H and O–H groups in total. The molecular formula is C13H12N2OS. The Labute approximate surface area is 104 Å². The van der Waals surface area contributed by atoms with Crippen LogP contribution in [0.5, 0.6) is 0 Å². The summed E-state index contributed by atoms with van der Waals surface area (Å²) >= 11 is 1.31. The number of aromatic nitrogens is 2. The van der Waals surface area contributed by atoms with E-state index in [1.807, 2.05) is 18.3 Å². The van der Waals surface area contributed by atoms with Crippen LogP contribution in [0.3, 0.4) is 0 Å². The van der Waals surface area contributed by atoms with Gasteiger partial charge < -0.3 is 4.98 Å². The van der Waals surface area contributed by atoms with Crippen molar-refractivity contribution in [3.05, 3.63) is 30.1 Å². The summed E-state index contributed by atoms with van der Waals surface area (Å²) in [4.78, 5) is 18.0. The fourth-order valence-corrected chi connectivity index (χ4v) is 1.91. The fourth-order valence-electron chi connectivity index (χ4n) is 1.42. The summed E-state index contributed by atoms with van der Waals surface area (Å²) in [6, 6.07) is 3.98. The first-order chi connectivity index (χ1) is 8.25. The number of nitrogens with one attached hydrogen (secondary N) is 1. The van der Waals surface area contributed by atoms with E-state index in [2.05, 4.69) is 21.8 Å². The predicted molar refractivity (Wildman–Crippen MR) is 70.7 cm³/mol. The predicted octanol–water partition coefficient (Wildman–Crippen LogP) is 2.58. The number of H-pyrrole nitrogens is 1. The molecule has 0 radical (unpaired) electrons. The molecule has 0 aromatic carbocycles. The van der Waals surface area contributed by atoms with Crippen LogP contribution in [0.15, 0.2) is 24.5 Å². The van der Waals surface area contributed by atoms with E-state index in [9.17, 15) is 4.79 Å². The summed E-state index contributed by atoms with van der Waals surface area (Å²) in [5.41, 5.74) is 1.78. The van der Waals surface area contributed by atoms with Gasteiger partial charge in [0.15, 0.2) is 5.12 Å². The standard InChI is InChI=1S/C13H12N2OS/c1-10(16)17-7-3-2-4-11-8-12-5-6-14-13(12)15-9-11/h5-6,8-9H,3,7H2,1H3,(H,14,15). The molecule has 0 spiro atoms. The Bertz CT molecular complexity index is 592. The number of carbonyl (C=O) groups excluding carboxylic acids is 1. The van der Waals surface area contributed by atoms with Gasteiger partial charge in [0.1, 0.15) is 5.65 Å². The minimum atomic E-state index is 0.141. The number of carbonyl (C=O) groups is 1. The molecule has 2 aromatic heterocycles. The van der Waals surface area contributed by atoms with Crippen LogP contribution in [0, 0.1) is 11.8 Å². The molecule has 0 aliphatic heterocycles. The highest BCUT2D eigenvalue weighted by molar-refractivity contribution is 8.13. The first-order valence-corrected chi connectivity index (χ1v) is 6.29. The van der Waals surface area contributed by atoms with Crippen molar-refractivity contribution in [3.8, 4) is 11.8 Å². The average Bonchev–Trinajstić information content (AvgIpc) is 2.75. The monoisotopic (exact) mass is 244 g/mol. The van der Waals surface area contributed by atoms with Gasteiger partial charge in [0.25, 0.3) is 0 Å². The van der Waals surface area contributed by atoms with E-state index in [-0.39, 0.29) is 5.12 Å². The molecule has 17 heavy (non-hydrogen) atoms. The Hall–Kier alpha value is -1.73. The van der Waals surface area contributed by atoms with Gasteiger partial charge in [0, 0.05) is 42.4 Å². The second-order valence-electron chi connectivity index (χ2n) is 3.53. The fraction of sp³-hybridized carbons (Fsp3) is 0.231. The maximum absolute atomic E-state index is 10.7. The number of hydrogen-bond acceptors (Lipinski definition) is 3. The van der Waals surface area contributed by atoms with E-state index in [1.165, 1.54) is 11.8 Å². The topological polar surface area (TPSA) is 45.8 Å². The van der Waals surface area contributed by atoms with Crippen LogP contribution >= 0.6 is 11.8 Å². The van der Waals surface area contributed by atoms with Crippen LogP contribution in [0.1, 0.15) is 18.9 Å². The molecule has 0 aliphatic carbocycles. The lowest BCUT2D eigenvalue weighted by Crippen LogP contribution is -1.84. The molecule has 2 rings (SSSR count). The van der Waals surface area contributed by atoms with E-state index in [1.54, 1.807) is 13.1 Å². The Balaban J connectivity index is 1.98. The number of rotatable bonds is 2. The van der Waals surface area contributed by atoms with Crippen molar-refractivity contribution < 1.29 is 4.79 Å². The van der Waals surface area contributed by atoms with Gasteiger partial charge >= 0.3 is 0 Å². The molecule has 4 heteroatoms. The summed E-state index contributed by atoms with van der Waals surface area (Å²) in [5.74, 6) is 6.84. The molecule has 86 valence electrons. The lowest BCUT2D eigenvalue weighted by Gasteiger charge is -1.91. The van der Waals surface area contributed by atoms with Gasteiger partial charge in [0.05, 0.1) is 0 Å². The number of pyridine rings is 1. The minimum Gasteiger partial charge on any atom is -0.346 e. The van der Waals surface area contributed by atoms with Crippen LogP contribution in [0.2, 0.25) is 0 Å². The molecular weight excluding hydrogens is 232 g/mol. The molecule has 0 saturated heterocycles. The molecule has 0 bridgehead atoms. The molecule has 2 aromatic rings. The van der Waals surface area contributed by atoms with Gasteiger partial charge in [0.2, 0.25) is 0 Å². The van der Waals surface area contributed by atoms with Gasteiger partial charge in [-0.2, -0.15) is 0 Å². The summed E-state index contributed by atoms with van der Waals surface area (Å²) in [7, 11) is 0. The van der Waals surface area contributed by atoms with E-state index >= 15 is 0 Å². The second-order valence-corrected chi connectivity index (χ2v) is 4.80. The first-order valence-electron chi connectivity index (χ1n) is 5.31. The van der Waals surface area contributed by atoms with Crippen molar-refractivity contribution in [2.24, 2.45) is 0 Å². The molecule has 3 nitrogen and oxygen atoms in total. The van der Waals surface area contributed by atoms with Crippen LogP contribution in [0.4, 0.5) is 0 Å². The quantitative estimate of drug-likeness (QED) is 0.652. The summed E-state index contributed by atoms with van der Waals surface area (Å²) in [5, 5.41) is 1.21. The Morgan fingerprint density at radius 3 is 3.29 bits per heavy atom. The van der Waals surface area contributed by atoms with E-state index < -0.39 is 0 Å². The maximum atomic E-state index is 10.7. The SMILES string of the molecule is CC(=O)SCCC#Cc1cnc2[nH]ccc2c1. The Kier molecular flexibility index (Phi) is 3.84. The van der Waals surface area contributed by atoms with E-state index in [0.29, 0.717) is 0 Å². The van der Waals surface area contributed by atoms with Gasteiger partial charge in [-0.15, -0.1) is 0 Å². The minimum absolute atomic E-state index is 0.141. The highest BCUT2D eigenvalue weighted by Gasteiger charge is 1.95. The van der Waals surface area contributed by atoms with Crippen molar-refractivity contribution in [1.29, 1.82) is 0 Å². The van der Waals surface area contributed by atoms with Crippen molar-refractivity contribution in [2.75, 3.05) is 5.75 Å². The molecule has 2 heterocycles.